The average Bonchev–Trinajstić information content (AvgIpc) is 2.18. The lowest BCUT2D eigenvalue weighted by molar-refractivity contribution is -0.132. The van der Waals surface area contributed by atoms with E-state index in [9.17, 15) is 4.79 Å². The van der Waals surface area contributed by atoms with E-state index in [1.165, 1.54) is 6.42 Å². The Labute approximate surface area is 80.3 Å². The summed E-state index contributed by atoms with van der Waals surface area (Å²) in [6, 6.07) is 0. The Morgan fingerprint density at radius 2 is 2.38 bits per heavy atom. The SMILES string of the molecule is CCCC(=O)N1CCCC(CN)C1. The molecule has 0 spiro atoms. The Bertz CT molecular complexity index is 170. The number of carbonyl (C=O) groups excluding carboxylic acids is 1. The van der Waals surface area contributed by atoms with Gasteiger partial charge in [0.2, 0.25) is 5.91 Å². The van der Waals surface area contributed by atoms with E-state index < -0.39 is 0 Å². The van der Waals surface area contributed by atoms with Gasteiger partial charge in [0.25, 0.3) is 0 Å². The maximum atomic E-state index is 11.5. The van der Waals surface area contributed by atoms with Crippen LogP contribution in [0, 0.1) is 5.92 Å². The fourth-order valence-corrected chi connectivity index (χ4v) is 1.86. The molecule has 1 heterocycles. The van der Waals surface area contributed by atoms with E-state index in [1.807, 2.05) is 11.8 Å². The Kier molecular flexibility index (Phi) is 4.22. The normalized spacial score (nSPS) is 23.2. The van der Waals surface area contributed by atoms with Gasteiger partial charge < -0.3 is 10.6 Å². The summed E-state index contributed by atoms with van der Waals surface area (Å²) in [7, 11) is 0. The molecule has 0 aliphatic carbocycles. The lowest BCUT2D eigenvalue weighted by Gasteiger charge is -2.32. The highest BCUT2D eigenvalue weighted by Gasteiger charge is 2.21. The molecule has 1 rings (SSSR count). The van der Waals surface area contributed by atoms with Gasteiger partial charge in [-0.05, 0) is 31.7 Å². The van der Waals surface area contributed by atoms with Crippen LogP contribution in [0.4, 0.5) is 0 Å². The smallest absolute Gasteiger partial charge is 0.222 e. The molecule has 0 bridgehead atoms. The van der Waals surface area contributed by atoms with Crippen molar-refractivity contribution in [1.82, 2.24) is 4.90 Å². The van der Waals surface area contributed by atoms with Gasteiger partial charge in [0.05, 0.1) is 0 Å². The minimum Gasteiger partial charge on any atom is -0.342 e. The molecule has 0 radical (unpaired) electrons. The fraction of sp³-hybridized carbons (Fsp3) is 0.900. The van der Waals surface area contributed by atoms with E-state index >= 15 is 0 Å². The second kappa shape index (κ2) is 5.22. The number of likely N-dealkylation sites (tertiary alicyclic amines) is 1. The third-order valence-corrected chi connectivity index (χ3v) is 2.67. The van der Waals surface area contributed by atoms with Gasteiger partial charge in [-0.25, -0.2) is 0 Å². The molecule has 13 heavy (non-hydrogen) atoms. The molecule has 0 aromatic rings. The van der Waals surface area contributed by atoms with Gasteiger partial charge in [0.1, 0.15) is 0 Å². The summed E-state index contributed by atoms with van der Waals surface area (Å²) in [5.74, 6) is 0.843. The third-order valence-electron chi connectivity index (χ3n) is 2.67. The van der Waals surface area contributed by atoms with Crippen molar-refractivity contribution >= 4 is 5.91 Å². The van der Waals surface area contributed by atoms with Crippen LogP contribution in [0.15, 0.2) is 0 Å². The largest absolute Gasteiger partial charge is 0.342 e. The molecule has 0 saturated carbocycles. The van der Waals surface area contributed by atoms with Gasteiger partial charge in [0.15, 0.2) is 0 Å². The summed E-state index contributed by atoms with van der Waals surface area (Å²) < 4.78 is 0. The zero-order chi connectivity index (χ0) is 9.68. The highest BCUT2D eigenvalue weighted by molar-refractivity contribution is 5.76. The number of nitrogens with two attached hydrogens (primary N) is 1. The van der Waals surface area contributed by atoms with Crippen molar-refractivity contribution in [3.63, 3.8) is 0 Å². The second-order valence-corrected chi connectivity index (χ2v) is 3.83. The first-order chi connectivity index (χ1) is 6.27. The molecule has 3 nitrogen and oxygen atoms in total. The van der Waals surface area contributed by atoms with E-state index in [4.69, 9.17) is 5.73 Å². The molecule has 1 aliphatic heterocycles. The van der Waals surface area contributed by atoms with Gasteiger partial charge in [-0.1, -0.05) is 6.92 Å². The Morgan fingerprint density at radius 3 is 3.00 bits per heavy atom. The van der Waals surface area contributed by atoms with Gasteiger partial charge in [-0.2, -0.15) is 0 Å². The number of rotatable bonds is 3. The van der Waals surface area contributed by atoms with Gasteiger partial charge >= 0.3 is 0 Å². The number of hydrogen-bond donors (Lipinski definition) is 1. The molecule has 1 aliphatic rings. The summed E-state index contributed by atoms with van der Waals surface area (Å²) in [6.07, 6.45) is 3.95. The number of hydrogen-bond acceptors (Lipinski definition) is 2. The van der Waals surface area contributed by atoms with E-state index in [0.717, 1.165) is 32.5 Å². The number of carbonyl (C=O) groups is 1. The van der Waals surface area contributed by atoms with Gasteiger partial charge in [-0.3, -0.25) is 4.79 Å². The molecular weight excluding hydrogens is 164 g/mol. The second-order valence-electron chi connectivity index (χ2n) is 3.83. The first-order valence-electron chi connectivity index (χ1n) is 5.25. The quantitative estimate of drug-likeness (QED) is 0.711. The third kappa shape index (κ3) is 2.99. The highest BCUT2D eigenvalue weighted by Crippen LogP contribution is 2.16. The van der Waals surface area contributed by atoms with Crippen LogP contribution < -0.4 is 5.73 Å². The van der Waals surface area contributed by atoms with Crippen LogP contribution in [0.3, 0.4) is 0 Å². The molecule has 1 unspecified atom stereocenters. The van der Waals surface area contributed by atoms with E-state index in [1.54, 1.807) is 0 Å². The number of nitrogens with zero attached hydrogens (tertiary/aromatic N) is 1. The van der Waals surface area contributed by atoms with Crippen molar-refractivity contribution in [2.45, 2.75) is 32.6 Å². The van der Waals surface area contributed by atoms with Crippen LogP contribution in [-0.4, -0.2) is 30.4 Å². The van der Waals surface area contributed by atoms with E-state index in [-0.39, 0.29) is 0 Å². The first kappa shape index (κ1) is 10.5. The van der Waals surface area contributed by atoms with E-state index in [0.29, 0.717) is 18.2 Å². The molecule has 1 fully saturated rings. The van der Waals surface area contributed by atoms with Crippen LogP contribution in [-0.2, 0) is 4.79 Å². The van der Waals surface area contributed by atoms with Crippen LogP contribution in [0.2, 0.25) is 0 Å². The molecular formula is C10H20N2O. The molecule has 2 N–H and O–H groups in total. The van der Waals surface area contributed by atoms with Crippen LogP contribution in [0.5, 0.6) is 0 Å². The monoisotopic (exact) mass is 184 g/mol. The molecule has 1 atom stereocenters. The van der Waals surface area contributed by atoms with Crippen LogP contribution in [0.25, 0.3) is 0 Å². The topological polar surface area (TPSA) is 46.3 Å². The predicted octanol–water partition coefficient (Wildman–Crippen LogP) is 0.984. The minimum absolute atomic E-state index is 0.306. The van der Waals surface area contributed by atoms with Crippen molar-refractivity contribution in [2.75, 3.05) is 19.6 Å². The summed E-state index contributed by atoms with van der Waals surface area (Å²) in [5.41, 5.74) is 5.60. The van der Waals surface area contributed by atoms with Crippen molar-refractivity contribution in [3.05, 3.63) is 0 Å². The van der Waals surface area contributed by atoms with Crippen LogP contribution in [0.1, 0.15) is 32.6 Å². The maximum Gasteiger partial charge on any atom is 0.222 e. The van der Waals surface area contributed by atoms with Crippen molar-refractivity contribution < 1.29 is 4.79 Å². The van der Waals surface area contributed by atoms with Crippen molar-refractivity contribution in [3.8, 4) is 0 Å². The Morgan fingerprint density at radius 1 is 1.62 bits per heavy atom. The fourth-order valence-electron chi connectivity index (χ4n) is 1.86. The zero-order valence-corrected chi connectivity index (χ0v) is 8.46. The highest BCUT2D eigenvalue weighted by atomic mass is 16.2. The Hall–Kier alpha value is -0.570. The van der Waals surface area contributed by atoms with Crippen molar-refractivity contribution in [1.29, 1.82) is 0 Å². The summed E-state index contributed by atoms with van der Waals surface area (Å²) in [5, 5.41) is 0. The minimum atomic E-state index is 0.306. The molecule has 0 aromatic carbocycles. The summed E-state index contributed by atoms with van der Waals surface area (Å²) in [6.45, 7) is 4.59. The average molecular weight is 184 g/mol. The zero-order valence-electron chi connectivity index (χ0n) is 8.46. The summed E-state index contributed by atoms with van der Waals surface area (Å²) in [4.78, 5) is 13.5. The van der Waals surface area contributed by atoms with Crippen LogP contribution >= 0.6 is 0 Å². The van der Waals surface area contributed by atoms with E-state index in [2.05, 4.69) is 0 Å². The molecule has 0 aromatic heterocycles. The lowest BCUT2D eigenvalue weighted by atomic mass is 9.98. The lowest BCUT2D eigenvalue weighted by Crippen LogP contribution is -2.41. The predicted molar refractivity (Wildman–Crippen MR) is 53.3 cm³/mol. The molecule has 1 saturated heterocycles. The maximum absolute atomic E-state index is 11.5. The molecule has 1 amide bonds. The standard InChI is InChI=1S/C10H20N2O/c1-2-4-10(13)12-6-3-5-9(7-11)8-12/h9H,2-8,11H2,1H3. The number of piperidine rings is 1. The van der Waals surface area contributed by atoms with Gasteiger partial charge in [-0.15, -0.1) is 0 Å². The first-order valence-corrected chi connectivity index (χ1v) is 5.25. The van der Waals surface area contributed by atoms with Gasteiger partial charge in [0, 0.05) is 19.5 Å². The summed E-state index contributed by atoms with van der Waals surface area (Å²) >= 11 is 0. The number of amides is 1. The van der Waals surface area contributed by atoms with Crippen molar-refractivity contribution in [2.24, 2.45) is 11.7 Å². The molecule has 76 valence electrons. The Balaban J connectivity index is 2.37. The molecule has 3 heteroatoms.